The van der Waals surface area contributed by atoms with Crippen LogP contribution in [0.2, 0.25) is 0 Å². The molecule has 1 fully saturated rings. The van der Waals surface area contributed by atoms with Crippen LogP contribution in [-0.4, -0.2) is 45.6 Å². The van der Waals surface area contributed by atoms with Crippen LogP contribution in [0.25, 0.3) is 0 Å². The van der Waals surface area contributed by atoms with Gasteiger partial charge in [0.2, 0.25) is 0 Å². The number of hydrogen-bond acceptors (Lipinski definition) is 3. The summed E-state index contributed by atoms with van der Waals surface area (Å²) >= 11 is 2.04. The Kier molecular flexibility index (Phi) is 4.92. The van der Waals surface area contributed by atoms with E-state index in [0.717, 1.165) is 17.8 Å². The lowest BCUT2D eigenvalue weighted by Crippen LogP contribution is -2.37. The highest BCUT2D eigenvalue weighted by Crippen LogP contribution is 2.31. The van der Waals surface area contributed by atoms with Gasteiger partial charge in [0, 0.05) is 30.2 Å². The minimum atomic E-state index is 0.799. The van der Waals surface area contributed by atoms with Crippen molar-refractivity contribution in [2.24, 2.45) is 0 Å². The summed E-state index contributed by atoms with van der Waals surface area (Å²) in [6.45, 7) is 2.28. The molecule has 1 aliphatic carbocycles. The van der Waals surface area contributed by atoms with Crippen LogP contribution in [0, 0.1) is 0 Å². The average Bonchev–Trinajstić information content (AvgIpc) is 2.99. The van der Waals surface area contributed by atoms with Crippen LogP contribution in [0.5, 0.6) is 0 Å². The number of imidazole rings is 1. The molecule has 0 radical (unpaired) electrons. The molecule has 0 aromatic carbocycles. The van der Waals surface area contributed by atoms with Crippen LogP contribution in [0.1, 0.15) is 25.7 Å². The monoisotopic (exact) mass is 253 g/mol. The Morgan fingerprint density at radius 2 is 2.35 bits per heavy atom. The first-order chi connectivity index (χ1) is 8.31. The maximum Gasteiger partial charge on any atom is 0.0945 e. The first-order valence-corrected chi connectivity index (χ1v) is 7.79. The molecular weight excluding hydrogens is 230 g/mol. The van der Waals surface area contributed by atoms with Gasteiger partial charge in [-0.05, 0) is 39.1 Å². The maximum absolute atomic E-state index is 4.07. The second-order valence-electron chi connectivity index (χ2n) is 4.91. The smallest absolute Gasteiger partial charge is 0.0945 e. The Morgan fingerprint density at radius 1 is 1.47 bits per heavy atom. The van der Waals surface area contributed by atoms with Gasteiger partial charge in [0.15, 0.2) is 0 Å². The quantitative estimate of drug-likeness (QED) is 0.777. The summed E-state index contributed by atoms with van der Waals surface area (Å²) in [4.78, 5) is 6.63. The highest BCUT2D eigenvalue weighted by atomic mass is 32.2. The molecule has 0 amide bonds. The molecule has 2 rings (SSSR count). The zero-order valence-electron chi connectivity index (χ0n) is 10.9. The zero-order chi connectivity index (χ0) is 12.1. The van der Waals surface area contributed by atoms with Crippen molar-refractivity contribution >= 4 is 11.8 Å². The fourth-order valence-electron chi connectivity index (χ4n) is 2.77. The van der Waals surface area contributed by atoms with E-state index in [1.54, 1.807) is 0 Å². The first kappa shape index (κ1) is 13.0. The molecule has 0 saturated heterocycles. The summed E-state index contributed by atoms with van der Waals surface area (Å²) in [5, 5.41) is 0.855. The Morgan fingerprint density at radius 3 is 3.06 bits per heavy atom. The molecule has 1 aliphatic rings. The number of thioether (sulfide) groups is 1. The largest absolute Gasteiger partial charge is 0.337 e. The van der Waals surface area contributed by atoms with E-state index in [1.807, 2.05) is 30.5 Å². The minimum absolute atomic E-state index is 0.799. The Bertz CT molecular complexity index is 312. The predicted octanol–water partition coefficient (Wildman–Crippen LogP) is 2.49. The third-order valence-corrected chi connectivity index (χ3v) is 4.93. The SMILES string of the molecule is CSC1CCCC1N(C)CCCn1ccnc1. The Balaban J connectivity index is 1.71. The molecule has 1 aromatic heterocycles. The van der Waals surface area contributed by atoms with Crippen molar-refractivity contribution in [1.82, 2.24) is 14.5 Å². The van der Waals surface area contributed by atoms with Crippen LogP contribution in [-0.2, 0) is 6.54 Å². The van der Waals surface area contributed by atoms with Crippen LogP contribution in [0.3, 0.4) is 0 Å². The fraction of sp³-hybridized carbons (Fsp3) is 0.769. The standard InChI is InChI=1S/C13H23N3S/c1-15(12-5-3-6-13(12)17-2)8-4-9-16-10-7-14-11-16/h7,10-13H,3-6,8-9H2,1-2H3. The minimum Gasteiger partial charge on any atom is -0.337 e. The van der Waals surface area contributed by atoms with Crippen molar-refractivity contribution < 1.29 is 0 Å². The van der Waals surface area contributed by atoms with Gasteiger partial charge in [-0.2, -0.15) is 11.8 Å². The van der Waals surface area contributed by atoms with E-state index in [4.69, 9.17) is 0 Å². The number of rotatable bonds is 6. The molecule has 0 aliphatic heterocycles. The number of aromatic nitrogens is 2. The number of hydrogen-bond donors (Lipinski definition) is 0. The average molecular weight is 253 g/mol. The van der Waals surface area contributed by atoms with Gasteiger partial charge in [-0.15, -0.1) is 0 Å². The van der Waals surface area contributed by atoms with Crippen LogP contribution >= 0.6 is 11.8 Å². The van der Waals surface area contributed by atoms with Crippen molar-refractivity contribution in [3.8, 4) is 0 Å². The maximum atomic E-state index is 4.07. The number of aryl methyl sites for hydroxylation is 1. The third-order valence-electron chi connectivity index (χ3n) is 3.77. The summed E-state index contributed by atoms with van der Waals surface area (Å²) < 4.78 is 2.16. The van der Waals surface area contributed by atoms with Gasteiger partial charge in [-0.25, -0.2) is 4.98 Å². The lowest BCUT2D eigenvalue weighted by Gasteiger charge is -2.28. The lowest BCUT2D eigenvalue weighted by molar-refractivity contribution is 0.243. The molecule has 3 nitrogen and oxygen atoms in total. The van der Waals surface area contributed by atoms with E-state index in [2.05, 4.69) is 27.8 Å². The highest BCUT2D eigenvalue weighted by Gasteiger charge is 2.29. The molecule has 0 bridgehead atoms. The Hall–Kier alpha value is -0.480. The zero-order valence-corrected chi connectivity index (χ0v) is 11.7. The molecule has 1 aromatic rings. The van der Waals surface area contributed by atoms with E-state index in [-0.39, 0.29) is 0 Å². The molecular formula is C13H23N3S. The van der Waals surface area contributed by atoms with Crippen molar-refractivity contribution in [3.05, 3.63) is 18.7 Å². The van der Waals surface area contributed by atoms with Crippen LogP contribution < -0.4 is 0 Å². The molecule has 2 atom stereocenters. The predicted molar refractivity (Wildman–Crippen MR) is 74.4 cm³/mol. The highest BCUT2D eigenvalue weighted by molar-refractivity contribution is 7.99. The molecule has 2 unspecified atom stereocenters. The van der Waals surface area contributed by atoms with Crippen molar-refractivity contribution in [2.45, 2.75) is 43.5 Å². The van der Waals surface area contributed by atoms with Gasteiger partial charge in [0.25, 0.3) is 0 Å². The Labute approximate surface area is 109 Å². The van der Waals surface area contributed by atoms with Gasteiger partial charge >= 0.3 is 0 Å². The van der Waals surface area contributed by atoms with Gasteiger partial charge in [-0.3, -0.25) is 0 Å². The van der Waals surface area contributed by atoms with E-state index in [1.165, 1.54) is 32.2 Å². The summed E-state index contributed by atoms with van der Waals surface area (Å²) in [7, 11) is 2.28. The van der Waals surface area contributed by atoms with Crippen LogP contribution in [0.4, 0.5) is 0 Å². The third kappa shape index (κ3) is 3.49. The normalized spacial score (nSPS) is 24.6. The molecule has 1 saturated carbocycles. The second kappa shape index (κ2) is 6.45. The van der Waals surface area contributed by atoms with Crippen molar-refractivity contribution in [1.29, 1.82) is 0 Å². The molecule has 96 valence electrons. The van der Waals surface area contributed by atoms with Gasteiger partial charge in [0.05, 0.1) is 6.33 Å². The van der Waals surface area contributed by atoms with Gasteiger partial charge < -0.3 is 9.47 Å². The first-order valence-electron chi connectivity index (χ1n) is 6.50. The molecule has 0 N–H and O–H groups in total. The molecule has 1 heterocycles. The van der Waals surface area contributed by atoms with E-state index in [0.29, 0.717) is 0 Å². The molecule has 4 heteroatoms. The summed E-state index contributed by atoms with van der Waals surface area (Å²) in [5.74, 6) is 0. The number of nitrogens with zero attached hydrogens (tertiary/aromatic N) is 3. The molecule has 0 spiro atoms. The summed E-state index contributed by atoms with van der Waals surface area (Å²) in [6, 6.07) is 0.799. The lowest BCUT2D eigenvalue weighted by atomic mass is 10.2. The fourth-order valence-corrected chi connectivity index (χ4v) is 3.83. The summed E-state index contributed by atoms with van der Waals surface area (Å²) in [5.41, 5.74) is 0. The van der Waals surface area contributed by atoms with Crippen molar-refractivity contribution in [3.63, 3.8) is 0 Å². The van der Waals surface area contributed by atoms with E-state index in [9.17, 15) is 0 Å². The van der Waals surface area contributed by atoms with E-state index >= 15 is 0 Å². The second-order valence-corrected chi connectivity index (χ2v) is 5.98. The molecule has 17 heavy (non-hydrogen) atoms. The topological polar surface area (TPSA) is 21.1 Å². The van der Waals surface area contributed by atoms with Crippen LogP contribution in [0.15, 0.2) is 18.7 Å². The van der Waals surface area contributed by atoms with Gasteiger partial charge in [-0.1, -0.05) is 6.42 Å². The van der Waals surface area contributed by atoms with Gasteiger partial charge in [0.1, 0.15) is 0 Å². The van der Waals surface area contributed by atoms with Crippen molar-refractivity contribution in [2.75, 3.05) is 19.8 Å². The van der Waals surface area contributed by atoms with E-state index < -0.39 is 0 Å². The summed E-state index contributed by atoms with van der Waals surface area (Å²) in [6.07, 6.45) is 13.4.